The van der Waals surface area contributed by atoms with Crippen molar-refractivity contribution in [1.29, 1.82) is 0 Å². The fraction of sp³-hybridized carbons (Fsp3) is 0.250. The van der Waals surface area contributed by atoms with Crippen LogP contribution in [-0.4, -0.2) is 26.3 Å². The maximum Gasteiger partial charge on any atom is 0.186 e. The Bertz CT molecular complexity index is 495. The lowest BCUT2D eigenvalue weighted by atomic mass is 10.1. The van der Waals surface area contributed by atoms with Gasteiger partial charge in [-0.15, -0.1) is 0 Å². The fourth-order valence-electron chi connectivity index (χ4n) is 1.44. The molecule has 4 nitrogen and oxygen atoms in total. The molecule has 0 spiro atoms. The number of nitrogens with zero attached hydrogens (tertiary/aromatic N) is 3. The molecule has 1 heterocycles. The molecule has 0 saturated heterocycles. The van der Waals surface area contributed by atoms with Crippen molar-refractivity contribution in [2.75, 3.05) is 5.75 Å². The molecule has 0 atom stereocenters. The minimum atomic E-state index is 0.198. The van der Waals surface area contributed by atoms with Crippen LogP contribution in [0.5, 0.6) is 0 Å². The summed E-state index contributed by atoms with van der Waals surface area (Å²) in [6.07, 6.45) is 1.97. The van der Waals surface area contributed by atoms with Gasteiger partial charge in [-0.3, -0.25) is 4.79 Å². The zero-order valence-electron chi connectivity index (χ0n) is 9.54. The van der Waals surface area contributed by atoms with E-state index in [0.717, 1.165) is 10.7 Å². The molecule has 0 aliphatic rings. The molecular weight excluding hydrogens is 234 g/mol. The first kappa shape index (κ1) is 11.9. The molecule has 0 aliphatic heterocycles. The predicted molar refractivity (Wildman–Crippen MR) is 66.9 cm³/mol. The summed E-state index contributed by atoms with van der Waals surface area (Å²) in [7, 11) is 1.82. The molecule has 0 bridgehead atoms. The lowest BCUT2D eigenvalue weighted by Gasteiger charge is -2.01. The van der Waals surface area contributed by atoms with E-state index in [1.807, 2.05) is 37.4 Å². The molecule has 88 valence electrons. The van der Waals surface area contributed by atoms with Crippen molar-refractivity contribution in [3.63, 3.8) is 0 Å². The Morgan fingerprint density at radius 2 is 2.12 bits per heavy atom. The largest absolute Gasteiger partial charge is 0.298 e. The van der Waals surface area contributed by atoms with Crippen molar-refractivity contribution < 1.29 is 4.79 Å². The first-order chi connectivity index (χ1) is 8.25. The third-order valence-electron chi connectivity index (χ3n) is 2.28. The topological polar surface area (TPSA) is 47.8 Å². The first-order valence-corrected chi connectivity index (χ1v) is 6.26. The summed E-state index contributed by atoms with van der Waals surface area (Å²) >= 11 is 1.42. The predicted octanol–water partition coefficient (Wildman–Crippen LogP) is 1.72. The number of ketones is 1. The van der Waals surface area contributed by atoms with E-state index in [4.69, 9.17) is 0 Å². The quantitative estimate of drug-likeness (QED) is 0.755. The molecule has 0 fully saturated rings. The molecular formula is C12H13N3OS. The highest BCUT2D eigenvalue weighted by molar-refractivity contribution is 7.99. The number of aryl methyl sites for hydroxylation is 1. The van der Waals surface area contributed by atoms with Crippen molar-refractivity contribution in [1.82, 2.24) is 14.8 Å². The van der Waals surface area contributed by atoms with Gasteiger partial charge in [-0.05, 0) is 5.56 Å². The third-order valence-corrected chi connectivity index (χ3v) is 3.37. The molecule has 0 radical (unpaired) electrons. The Balaban J connectivity index is 1.84. The number of benzene rings is 1. The van der Waals surface area contributed by atoms with Gasteiger partial charge in [0.05, 0.1) is 5.75 Å². The van der Waals surface area contributed by atoms with E-state index >= 15 is 0 Å². The Labute approximate surface area is 104 Å². The van der Waals surface area contributed by atoms with E-state index in [1.165, 1.54) is 18.1 Å². The monoisotopic (exact) mass is 247 g/mol. The van der Waals surface area contributed by atoms with E-state index in [9.17, 15) is 4.79 Å². The smallest absolute Gasteiger partial charge is 0.186 e. The summed E-state index contributed by atoms with van der Waals surface area (Å²) in [6.45, 7) is 0. The van der Waals surface area contributed by atoms with Crippen LogP contribution in [0.2, 0.25) is 0 Å². The van der Waals surface area contributed by atoms with Crippen LogP contribution in [0.4, 0.5) is 0 Å². The van der Waals surface area contributed by atoms with Crippen molar-refractivity contribution in [2.24, 2.45) is 7.05 Å². The van der Waals surface area contributed by atoms with Crippen LogP contribution in [0.1, 0.15) is 5.56 Å². The van der Waals surface area contributed by atoms with Gasteiger partial charge in [0.2, 0.25) is 0 Å². The molecule has 2 aromatic rings. The van der Waals surface area contributed by atoms with Crippen molar-refractivity contribution in [3.05, 3.63) is 42.2 Å². The van der Waals surface area contributed by atoms with Crippen molar-refractivity contribution in [2.45, 2.75) is 11.6 Å². The van der Waals surface area contributed by atoms with Gasteiger partial charge in [0.15, 0.2) is 5.16 Å². The summed E-state index contributed by atoms with van der Waals surface area (Å²) in [4.78, 5) is 15.8. The van der Waals surface area contributed by atoms with E-state index in [0.29, 0.717) is 12.2 Å². The highest BCUT2D eigenvalue weighted by Crippen LogP contribution is 2.14. The average Bonchev–Trinajstić information content (AvgIpc) is 2.74. The minimum Gasteiger partial charge on any atom is -0.298 e. The summed E-state index contributed by atoms with van der Waals surface area (Å²) in [5.41, 5.74) is 1.05. The fourth-order valence-corrected chi connectivity index (χ4v) is 2.18. The van der Waals surface area contributed by atoms with Gasteiger partial charge >= 0.3 is 0 Å². The van der Waals surface area contributed by atoms with Gasteiger partial charge in [0.25, 0.3) is 0 Å². The van der Waals surface area contributed by atoms with E-state index in [-0.39, 0.29) is 5.78 Å². The standard InChI is InChI=1S/C12H13N3OS/c1-15-12(13-9-14-15)17-8-11(16)7-10-5-3-2-4-6-10/h2-6,9H,7-8H2,1H3. The second-order valence-electron chi connectivity index (χ2n) is 3.66. The maximum atomic E-state index is 11.7. The zero-order chi connectivity index (χ0) is 12.1. The Hall–Kier alpha value is -1.62. The van der Waals surface area contributed by atoms with Gasteiger partial charge in [-0.25, -0.2) is 9.67 Å². The number of rotatable bonds is 5. The van der Waals surface area contributed by atoms with Crippen molar-refractivity contribution >= 4 is 17.5 Å². The second kappa shape index (κ2) is 5.63. The van der Waals surface area contributed by atoms with Crippen LogP contribution in [0.15, 0.2) is 41.8 Å². The molecule has 1 aromatic carbocycles. The molecule has 0 unspecified atom stereocenters. The van der Waals surface area contributed by atoms with E-state index in [2.05, 4.69) is 10.1 Å². The Morgan fingerprint density at radius 1 is 1.35 bits per heavy atom. The third kappa shape index (κ3) is 3.42. The zero-order valence-corrected chi connectivity index (χ0v) is 10.4. The van der Waals surface area contributed by atoms with E-state index < -0.39 is 0 Å². The summed E-state index contributed by atoms with van der Waals surface area (Å²) in [5.74, 6) is 0.630. The number of aromatic nitrogens is 3. The lowest BCUT2D eigenvalue weighted by molar-refractivity contribution is -0.116. The van der Waals surface area contributed by atoms with Gasteiger partial charge in [0, 0.05) is 13.5 Å². The van der Waals surface area contributed by atoms with Gasteiger partial charge in [-0.1, -0.05) is 42.1 Å². The molecule has 0 N–H and O–H groups in total. The van der Waals surface area contributed by atoms with Crippen LogP contribution >= 0.6 is 11.8 Å². The molecule has 5 heteroatoms. The molecule has 0 amide bonds. The average molecular weight is 247 g/mol. The summed E-state index contributed by atoms with van der Waals surface area (Å²) in [6, 6.07) is 9.76. The molecule has 0 saturated carbocycles. The number of carbonyl (C=O) groups excluding carboxylic acids is 1. The first-order valence-electron chi connectivity index (χ1n) is 5.28. The molecule has 0 aliphatic carbocycles. The SMILES string of the molecule is Cn1ncnc1SCC(=O)Cc1ccccc1. The van der Waals surface area contributed by atoms with Gasteiger partial charge < -0.3 is 0 Å². The summed E-state index contributed by atoms with van der Waals surface area (Å²) in [5, 5.41) is 4.72. The second-order valence-corrected chi connectivity index (χ2v) is 4.60. The number of hydrogen-bond donors (Lipinski definition) is 0. The maximum absolute atomic E-state index is 11.7. The van der Waals surface area contributed by atoms with Crippen LogP contribution in [0, 0.1) is 0 Å². The highest BCUT2D eigenvalue weighted by Gasteiger charge is 2.07. The van der Waals surface area contributed by atoms with Crippen LogP contribution in [-0.2, 0) is 18.3 Å². The Kier molecular flexibility index (Phi) is 3.93. The minimum absolute atomic E-state index is 0.198. The van der Waals surface area contributed by atoms with Crippen LogP contribution in [0.25, 0.3) is 0 Å². The molecule has 2 rings (SSSR count). The number of Topliss-reactive ketones (excluding diaryl/α,β-unsaturated/α-hetero) is 1. The van der Waals surface area contributed by atoms with Crippen LogP contribution < -0.4 is 0 Å². The number of carbonyl (C=O) groups is 1. The summed E-state index contributed by atoms with van der Waals surface area (Å²) < 4.78 is 1.67. The van der Waals surface area contributed by atoms with Crippen molar-refractivity contribution in [3.8, 4) is 0 Å². The number of thioether (sulfide) groups is 1. The molecule has 1 aromatic heterocycles. The van der Waals surface area contributed by atoms with Gasteiger partial charge in [0.1, 0.15) is 12.1 Å². The number of hydrogen-bond acceptors (Lipinski definition) is 4. The Morgan fingerprint density at radius 3 is 2.76 bits per heavy atom. The van der Waals surface area contributed by atoms with Gasteiger partial charge in [-0.2, -0.15) is 5.10 Å². The normalized spacial score (nSPS) is 10.4. The van der Waals surface area contributed by atoms with E-state index in [1.54, 1.807) is 4.68 Å². The molecule has 17 heavy (non-hydrogen) atoms. The van der Waals surface area contributed by atoms with Crippen LogP contribution in [0.3, 0.4) is 0 Å². The lowest BCUT2D eigenvalue weighted by Crippen LogP contribution is -2.06. The highest BCUT2D eigenvalue weighted by atomic mass is 32.2.